The van der Waals surface area contributed by atoms with E-state index >= 15 is 0 Å². The van der Waals surface area contributed by atoms with E-state index < -0.39 is 33.4 Å². The van der Waals surface area contributed by atoms with Crippen LogP contribution in [0.25, 0.3) is 0 Å². The molecule has 0 bridgehead atoms. The van der Waals surface area contributed by atoms with Crippen LogP contribution in [0.1, 0.15) is 19.8 Å². The lowest BCUT2D eigenvalue weighted by atomic mass is 9.94. The van der Waals surface area contributed by atoms with Gasteiger partial charge in [-0.25, -0.2) is 17.9 Å². The summed E-state index contributed by atoms with van der Waals surface area (Å²) in [5.41, 5.74) is 0.0557. The number of carbonyl (C=O) groups excluding carboxylic acids is 2. The molecule has 1 N–H and O–H groups in total. The molecular formula is C17H20N5O4S+. The Labute approximate surface area is 156 Å². The predicted molar refractivity (Wildman–Crippen MR) is 99.2 cm³/mol. The van der Waals surface area contributed by atoms with Crippen molar-refractivity contribution < 1.29 is 22.6 Å². The zero-order valence-corrected chi connectivity index (χ0v) is 15.8. The molecule has 1 saturated carbocycles. The average molecular weight is 390 g/mol. The number of nitrogens with zero attached hydrogens (tertiary/aromatic N) is 4. The van der Waals surface area contributed by atoms with Gasteiger partial charge in [0, 0.05) is 18.0 Å². The molecule has 3 amide bonds. The van der Waals surface area contributed by atoms with E-state index in [2.05, 4.69) is 14.9 Å². The van der Waals surface area contributed by atoms with Gasteiger partial charge in [-0.2, -0.15) is 24.5 Å². The molecule has 1 atom stereocenters. The van der Waals surface area contributed by atoms with Gasteiger partial charge in [-0.3, -0.25) is 0 Å². The minimum Gasteiger partial charge on any atom is -0.245 e. The van der Waals surface area contributed by atoms with Crippen molar-refractivity contribution in [2.24, 2.45) is 22.0 Å². The Morgan fingerprint density at radius 3 is 2.56 bits per heavy atom. The molecule has 0 aromatic heterocycles. The largest absolute Gasteiger partial charge is 0.500 e. The van der Waals surface area contributed by atoms with E-state index in [0.29, 0.717) is 5.71 Å². The van der Waals surface area contributed by atoms with E-state index in [4.69, 9.17) is 0 Å². The summed E-state index contributed by atoms with van der Waals surface area (Å²) in [5, 5.41) is 7.46. The summed E-state index contributed by atoms with van der Waals surface area (Å²) in [4.78, 5) is 26.7. The Balaban J connectivity index is 1.65. The first-order chi connectivity index (χ1) is 12.7. The molecule has 1 fully saturated rings. The summed E-state index contributed by atoms with van der Waals surface area (Å²) >= 11 is 0. The number of fused-ring (bicyclic) bond motifs is 1. The first kappa shape index (κ1) is 17.9. The number of allylic oxidation sites excluding steroid dienone is 2. The molecular weight excluding hydrogens is 370 g/mol. The zero-order chi connectivity index (χ0) is 19.4. The average Bonchev–Trinajstić information content (AvgIpc) is 3.12. The highest BCUT2D eigenvalue weighted by Crippen LogP contribution is 2.36. The Morgan fingerprint density at radius 1 is 1.26 bits per heavy atom. The van der Waals surface area contributed by atoms with Crippen LogP contribution in [-0.4, -0.2) is 67.1 Å². The Hall–Kier alpha value is -2.46. The molecule has 0 aromatic carbocycles. The molecule has 2 aliphatic carbocycles. The van der Waals surface area contributed by atoms with Crippen molar-refractivity contribution in [1.82, 2.24) is 9.62 Å². The summed E-state index contributed by atoms with van der Waals surface area (Å²) in [6.07, 6.45) is 9.08. The van der Waals surface area contributed by atoms with Crippen LogP contribution in [0.4, 0.5) is 4.79 Å². The maximum atomic E-state index is 12.9. The van der Waals surface area contributed by atoms with Crippen LogP contribution in [0.15, 0.2) is 33.3 Å². The van der Waals surface area contributed by atoms with E-state index in [1.807, 2.05) is 6.92 Å². The second-order valence-electron chi connectivity index (χ2n) is 7.45. The quantitative estimate of drug-likeness (QED) is 0.679. The van der Waals surface area contributed by atoms with Gasteiger partial charge in [0.05, 0.1) is 17.9 Å². The predicted octanol–water partition coefficient (Wildman–Crippen LogP) is 0.260. The molecule has 0 radical (unpaired) electrons. The third-order valence-electron chi connectivity index (χ3n) is 5.17. The van der Waals surface area contributed by atoms with Gasteiger partial charge in [-0.15, -0.1) is 0 Å². The normalized spacial score (nSPS) is 26.7. The van der Waals surface area contributed by atoms with Crippen molar-refractivity contribution in [3.8, 4) is 0 Å². The SMILES string of the molecule is C[N+]1=C2C=CC(S(=O)(=O)NC3(C)CC3)=CC2C(=O)N(CC2C=NN=C2)C1=O. The smallest absolute Gasteiger partial charge is 0.245 e. The molecule has 0 spiro atoms. The number of hydrogen-bond acceptors (Lipinski definition) is 6. The number of amides is 3. The second-order valence-corrected chi connectivity index (χ2v) is 9.14. The van der Waals surface area contributed by atoms with Crippen LogP contribution in [0.5, 0.6) is 0 Å². The molecule has 2 aliphatic heterocycles. The minimum absolute atomic E-state index is 0.0458. The topological polar surface area (TPSA) is 111 Å². The standard InChI is InChI=1S/C17H20N5O4S/c1-17(5-6-17)20-27(25,26)12-3-4-14-13(7-12)15(23)22(16(24)21(14)2)10-11-8-18-19-9-11/h3-4,7-9,11,13,20H,5-6,10H2,1-2H3/q+1. The number of urea groups is 1. The van der Waals surface area contributed by atoms with E-state index in [0.717, 1.165) is 17.7 Å². The molecule has 0 aromatic rings. The van der Waals surface area contributed by atoms with Gasteiger partial charge >= 0.3 is 11.9 Å². The van der Waals surface area contributed by atoms with Gasteiger partial charge in [0.2, 0.25) is 10.0 Å². The van der Waals surface area contributed by atoms with Crippen LogP contribution in [0.3, 0.4) is 0 Å². The highest BCUT2D eigenvalue weighted by molar-refractivity contribution is 7.93. The molecule has 0 saturated heterocycles. The summed E-state index contributed by atoms with van der Waals surface area (Å²) in [5.74, 6) is -1.52. The lowest BCUT2D eigenvalue weighted by Gasteiger charge is -2.27. The molecule has 4 rings (SSSR count). The van der Waals surface area contributed by atoms with Gasteiger partial charge in [-0.05, 0) is 38.0 Å². The highest BCUT2D eigenvalue weighted by Gasteiger charge is 2.48. The summed E-state index contributed by atoms with van der Waals surface area (Å²) in [7, 11) is -2.16. The number of imide groups is 1. The van der Waals surface area contributed by atoms with Crippen LogP contribution >= 0.6 is 0 Å². The van der Waals surface area contributed by atoms with Crippen LogP contribution < -0.4 is 4.72 Å². The van der Waals surface area contributed by atoms with Gasteiger partial charge < -0.3 is 0 Å². The van der Waals surface area contributed by atoms with Crippen molar-refractivity contribution in [2.75, 3.05) is 13.6 Å². The fourth-order valence-electron chi connectivity index (χ4n) is 3.26. The number of nitrogens with one attached hydrogen (secondary N) is 1. The van der Waals surface area contributed by atoms with E-state index in [1.54, 1.807) is 19.5 Å². The minimum atomic E-state index is -3.73. The highest BCUT2D eigenvalue weighted by atomic mass is 32.2. The van der Waals surface area contributed by atoms with Crippen molar-refractivity contribution in [2.45, 2.75) is 25.3 Å². The Kier molecular flexibility index (Phi) is 4.00. The number of sulfonamides is 1. The molecule has 10 heteroatoms. The van der Waals surface area contributed by atoms with Crippen molar-refractivity contribution in [1.29, 1.82) is 0 Å². The maximum Gasteiger partial charge on any atom is 0.500 e. The van der Waals surface area contributed by atoms with Crippen LogP contribution in [0, 0.1) is 11.8 Å². The Morgan fingerprint density at radius 2 is 1.93 bits per heavy atom. The van der Waals surface area contributed by atoms with Crippen molar-refractivity contribution >= 4 is 40.1 Å². The van der Waals surface area contributed by atoms with Crippen molar-refractivity contribution in [3.63, 3.8) is 0 Å². The maximum absolute atomic E-state index is 12.9. The van der Waals surface area contributed by atoms with Gasteiger partial charge in [0.1, 0.15) is 18.2 Å². The number of hydrogen-bond donors (Lipinski definition) is 1. The molecule has 1 unspecified atom stereocenters. The van der Waals surface area contributed by atoms with Gasteiger partial charge in [0.25, 0.3) is 0 Å². The monoisotopic (exact) mass is 390 g/mol. The summed E-state index contributed by atoms with van der Waals surface area (Å²) in [6.45, 7) is 1.97. The number of rotatable bonds is 5. The molecule has 4 aliphatic rings. The van der Waals surface area contributed by atoms with Gasteiger partial charge in [-0.1, -0.05) is 0 Å². The fraction of sp³-hybridized carbons (Fsp3) is 0.471. The fourth-order valence-corrected chi connectivity index (χ4v) is 4.79. The summed E-state index contributed by atoms with van der Waals surface area (Å²) in [6, 6.07) is -0.451. The van der Waals surface area contributed by atoms with Gasteiger partial charge in [0.15, 0.2) is 0 Å². The van der Waals surface area contributed by atoms with E-state index in [1.165, 1.54) is 22.8 Å². The first-order valence-corrected chi connectivity index (χ1v) is 10.1. The lowest BCUT2D eigenvalue weighted by Crippen LogP contribution is -2.55. The van der Waals surface area contributed by atoms with E-state index in [9.17, 15) is 18.0 Å². The van der Waals surface area contributed by atoms with Crippen LogP contribution in [-0.2, 0) is 14.8 Å². The first-order valence-electron chi connectivity index (χ1n) is 8.67. The Bertz CT molecular complexity index is 973. The molecule has 142 valence electrons. The molecule has 2 heterocycles. The van der Waals surface area contributed by atoms with Crippen molar-refractivity contribution in [3.05, 3.63) is 23.1 Å². The van der Waals surface area contributed by atoms with E-state index in [-0.39, 0.29) is 17.4 Å². The molecule has 9 nitrogen and oxygen atoms in total. The third kappa shape index (κ3) is 3.19. The second kappa shape index (κ2) is 6.03. The zero-order valence-electron chi connectivity index (χ0n) is 15.0. The summed E-state index contributed by atoms with van der Waals surface area (Å²) < 4.78 is 29.4. The number of carbonyl (C=O) groups is 2. The lowest BCUT2D eigenvalue weighted by molar-refractivity contribution is -0.406. The third-order valence-corrected chi connectivity index (χ3v) is 6.83. The molecule has 27 heavy (non-hydrogen) atoms. The van der Waals surface area contributed by atoms with Crippen LogP contribution in [0.2, 0.25) is 0 Å².